The van der Waals surface area contributed by atoms with Crippen LogP contribution in [0, 0.1) is 0 Å². The van der Waals surface area contributed by atoms with E-state index in [1.165, 1.54) is 0 Å². The number of sulfonamides is 1. The van der Waals surface area contributed by atoms with Crippen LogP contribution in [-0.4, -0.2) is 34.0 Å². The zero-order chi connectivity index (χ0) is 15.3. The van der Waals surface area contributed by atoms with Crippen molar-refractivity contribution < 1.29 is 12.8 Å². The zero-order valence-electron chi connectivity index (χ0n) is 12.2. The van der Waals surface area contributed by atoms with Gasteiger partial charge in [-0.2, -0.15) is 0 Å². The lowest BCUT2D eigenvalue weighted by Gasteiger charge is -2.22. The van der Waals surface area contributed by atoms with Crippen LogP contribution in [-0.2, 0) is 15.8 Å². The molecule has 0 radical (unpaired) electrons. The Kier molecular flexibility index (Phi) is 5.17. The van der Waals surface area contributed by atoms with Crippen LogP contribution in [0.2, 0.25) is 0 Å². The molecule has 5 nitrogen and oxygen atoms in total. The average Bonchev–Trinajstić information content (AvgIpc) is 2.93. The Labute approximate surface area is 125 Å². The van der Waals surface area contributed by atoms with Gasteiger partial charge in [-0.25, -0.2) is 13.1 Å². The van der Waals surface area contributed by atoms with E-state index < -0.39 is 10.0 Å². The first-order valence-corrected chi connectivity index (χ1v) is 8.34. The van der Waals surface area contributed by atoms with Gasteiger partial charge in [-0.3, -0.25) is 4.90 Å². The molecule has 6 heteroatoms. The van der Waals surface area contributed by atoms with Gasteiger partial charge in [0.25, 0.3) is 0 Å². The van der Waals surface area contributed by atoms with Crippen LogP contribution in [0.25, 0.3) is 0 Å². The minimum atomic E-state index is -3.37. The molecular weight excluding hydrogens is 288 g/mol. The lowest BCUT2D eigenvalue weighted by atomic mass is 10.2. The minimum Gasteiger partial charge on any atom is -0.468 e. The first-order valence-electron chi connectivity index (χ1n) is 6.69. The number of hydrogen-bond donors (Lipinski definition) is 1. The Bertz CT molecular complexity index is 637. The van der Waals surface area contributed by atoms with Crippen molar-refractivity contribution in [2.45, 2.75) is 11.8 Å². The third-order valence-corrected chi connectivity index (χ3v) is 4.51. The van der Waals surface area contributed by atoms with Crippen molar-refractivity contribution in [1.29, 1.82) is 0 Å². The third kappa shape index (κ3) is 4.70. The number of benzene rings is 1. The summed E-state index contributed by atoms with van der Waals surface area (Å²) in [6.07, 6.45) is 1.59. The second kappa shape index (κ2) is 6.89. The quantitative estimate of drug-likeness (QED) is 0.850. The summed E-state index contributed by atoms with van der Waals surface area (Å²) < 4.78 is 32.3. The fourth-order valence-electron chi connectivity index (χ4n) is 2.07. The zero-order valence-corrected chi connectivity index (χ0v) is 13.0. The van der Waals surface area contributed by atoms with Gasteiger partial charge < -0.3 is 4.42 Å². The summed E-state index contributed by atoms with van der Waals surface area (Å²) in [5, 5.41) is 0. The summed E-state index contributed by atoms with van der Waals surface area (Å²) >= 11 is 0. The van der Waals surface area contributed by atoms with Crippen molar-refractivity contribution >= 4 is 10.0 Å². The molecule has 1 heterocycles. The molecule has 21 heavy (non-hydrogen) atoms. The van der Waals surface area contributed by atoms with E-state index in [2.05, 4.69) is 4.72 Å². The number of furan rings is 1. The molecular formula is C15H20N2O3S. The number of likely N-dealkylation sites (N-methyl/N-ethyl adjacent to an activating group) is 1. The van der Waals surface area contributed by atoms with Crippen LogP contribution in [0.15, 0.2) is 53.1 Å². The van der Waals surface area contributed by atoms with Gasteiger partial charge in [-0.05, 0) is 31.8 Å². The van der Waals surface area contributed by atoms with Crippen LogP contribution in [0.3, 0.4) is 0 Å². The van der Waals surface area contributed by atoms with Crippen molar-refractivity contribution in [2.24, 2.45) is 0 Å². The molecule has 0 saturated heterocycles. The molecule has 1 aromatic heterocycles. The summed E-state index contributed by atoms with van der Waals surface area (Å²) in [5.74, 6) is 0.717. The molecule has 114 valence electrons. The average molecular weight is 308 g/mol. The first-order chi connectivity index (χ1) is 9.98. The Morgan fingerprint density at radius 2 is 1.86 bits per heavy atom. The van der Waals surface area contributed by atoms with Crippen LogP contribution in [0.5, 0.6) is 0 Å². The molecule has 0 spiro atoms. The van der Waals surface area contributed by atoms with Gasteiger partial charge in [-0.15, -0.1) is 0 Å². The Morgan fingerprint density at radius 1 is 1.14 bits per heavy atom. The Hall–Kier alpha value is -1.63. The van der Waals surface area contributed by atoms with Crippen molar-refractivity contribution in [3.8, 4) is 0 Å². The van der Waals surface area contributed by atoms with Gasteiger partial charge in [0.2, 0.25) is 10.0 Å². The van der Waals surface area contributed by atoms with Crippen LogP contribution in [0.1, 0.15) is 17.4 Å². The van der Waals surface area contributed by atoms with Crippen molar-refractivity contribution in [3.05, 3.63) is 60.1 Å². The standard InChI is InChI=1S/C15H20N2O3S/c1-17(2)14(15-9-6-10-20-15)11-16-21(18,19)12-13-7-4-3-5-8-13/h3-10,14,16H,11-12H2,1-2H3/t14-/m1/s1. The maximum atomic E-state index is 12.1. The molecule has 1 aromatic carbocycles. The van der Waals surface area contributed by atoms with E-state index >= 15 is 0 Å². The van der Waals surface area contributed by atoms with Crippen molar-refractivity contribution in [2.75, 3.05) is 20.6 Å². The van der Waals surface area contributed by atoms with E-state index in [1.807, 2.05) is 43.3 Å². The lowest BCUT2D eigenvalue weighted by Crippen LogP contribution is -2.35. The third-order valence-electron chi connectivity index (χ3n) is 3.19. The molecule has 0 aliphatic rings. The van der Waals surface area contributed by atoms with Crippen LogP contribution >= 0.6 is 0 Å². The molecule has 0 amide bonds. The highest BCUT2D eigenvalue weighted by Gasteiger charge is 2.20. The summed E-state index contributed by atoms with van der Waals surface area (Å²) in [5.41, 5.74) is 0.768. The Morgan fingerprint density at radius 3 is 2.43 bits per heavy atom. The molecule has 0 fully saturated rings. The topological polar surface area (TPSA) is 62.6 Å². The maximum absolute atomic E-state index is 12.1. The summed E-state index contributed by atoms with van der Waals surface area (Å²) in [7, 11) is 0.403. The number of nitrogens with zero attached hydrogens (tertiary/aromatic N) is 1. The highest BCUT2D eigenvalue weighted by molar-refractivity contribution is 7.88. The lowest BCUT2D eigenvalue weighted by molar-refractivity contribution is 0.259. The fraction of sp³-hybridized carbons (Fsp3) is 0.333. The van der Waals surface area contributed by atoms with Crippen molar-refractivity contribution in [3.63, 3.8) is 0 Å². The number of rotatable bonds is 7. The van der Waals surface area contributed by atoms with E-state index in [9.17, 15) is 8.42 Å². The largest absolute Gasteiger partial charge is 0.468 e. The monoisotopic (exact) mass is 308 g/mol. The van der Waals surface area contributed by atoms with Crippen LogP contribution < -0.4 is 4.72 Å². The molecule has 2 rings (SSSR count). The predicted octanol–water partition coefficient (Wildman–Crippen LogP) is 2.00. The molecule has 0 unspecified atom stereocenters. The van der Waals surface area contributed by atoms with Gasteiger partial charge in [0.1, 0.15) is 5.76 Å². The highest BCUT2D eigenvalue weighted by Crippen LogP contribution is 2.18. The molecule has 0 aliphatic carbocycles. The molecule has 1 atom stereocenters. The smallest absolute Gasteiger partial charge is 0.215 e. The van der Waals surface area contributed by atoms with E-state index in [0.29, 0.717) is 0 Å². The Balaban J connectivity index is 2.00. The fourth-order valence-corrected chi connectivity index (χ4v) is 3.21. The van der Waals surface area contributed by atoms with E-state index in [4.69, 9.17) is 4.42 Å². The minimum absolute atomic E-state index is 0.0217. The van der Waals surface area contributed by atoms with Gasteiger partial charge in [-0.1, -0.05) is 30.3 Å². The predicted molar refractivity (Wildman–Crippen MR) is 82.2 cm³/mol. The van der Waals surface area contributed by atoms with Gasteiger partial charge >= 0.3 is 0 Å². The van der Waals surface area contributed by atoms with Gasteiger partial charge in [0.05, 0.1) is 18.1 Å². The number of hydrogen-bond acceptors (Lipinski definition) is 4. The molecule has 0 saturated carbocycles. The van der Waals surface area contributed by atoms with Gasteiger partial charge in [0.15, 0.2) is 0 Å². The summed E-state index contributed by atoms with van der Waals surface area (Å²) in [6, 6.07) is 12.6. The molecule has 2 aromatic rings. The van der Waals surface area contributed by atoms with Crippen LogP contribution in [0.4, 0.5) is 0 Å². The normalized spacial score (nSPS) is 13.5. The highest BCUT2D eigenvalue weighted by atomic mass is 32.2. The SMILES string of the molecule is CN(C)[C@H](CNS(=O)(=O)Cc1ccccc1)c1ccco1. The summed E-state index contributed by atoms with van der Waals surface area (Å²) in [6.45, 7) is 0.273. The molecule has 0 bridgehead atoms. The first kappa shape index (κ1) is 15.8. The van der Waals surface area contributed by atoms with E-state index in [0.717, 1.165) is 11.3 Å². The second-order valence-electron chi connectivity index (χ2n) is 5.09. The maximum Gasteiger partial charge on any atom is 0.215 e. The summed E-state index contributed by atoms with van der Waals surface area (Å²) in [4.78, 5) is 1.92. The second-order valence-corrected chi connectivity index (χ2v) is 6.89. The van der Waals surface area contributed by atoms with E-state index in [-0.39, 0.29) is 18.3 Å². The van der Waals surface area contributed by atoms with E-state index in [1.54, 1.807) is 24.5 Å². The molecule has 1 N–H and O–H groups in total. The van der Waals surface area contributed by atoms with Gasteiger partial charge in [0, 0.05) is 6.54 Å². The number of nitrogens with one attached hydrogen (secondary N) is 1. The molecule has 0 aliphatic heterocycles. The van der Waals surface area contributed by atoms with Crippen molar-refractivity contribution in [1.82, 2.24) is 9.62 Å².